The van der Waals surface area contributed by atoms with Gasteiger partial charge < -0.3 is 20.3 Å². The van der Waals surface area contributed by atoms with Gasteiger partial charge >= 0.3 is 5.97 Å². The standard InChI is InChI=1S/C20H21N5O2/c1-25(2)15-10-8-14(9-11-15)22-18-12-13-21-20(24-18)23-17-7-5-4-6-16(17)19(26)27-3/h4-13H,1-3H3,(H2,21,22,23,24). The molecule has 0 aliphatic rings. The van der Waals surface area contributed by atoms with E-state index in [-0.39, 0.29) is 0 Å². The van der Waals surface area contributed by atoms with E-state index in [9.17, 15) is 4.79 Å². The van der Waals surface area contributed by atoms with Crippen molar-refractivity contribution in [2.75, 3.05) is 36.7 Å². The lowest BCUT2D eigenvalue weighted by molar-refractivity contribution is 0.0602. The van der Waals surface area contributed by atoms with Crippen molar-refractivity contribution in [3.05, 3.63) is 66.4 Å². The van der Waals surface area contributed by atoms with Gasteiger partial charge in [0, 0.05) is 31.7 Å². The van der Waals surface area contributed by atoms with Gasteiger partial charge in [0.05, 0.1) is 18.4 Å². The summed E-state index contributed by atoms with van der Waals surface area (Å²) in [6.45, 7) is 0. The van der Waals surface area contributed by atoms with E-state index < -0.39 is 5.97 Å². The number of aromatic nitrogens is 2. The molecular weight excluding hydrogens is 342 g/mol. The van der Waals surface area contributed by atoms with Crippen LogP contribution in [0.15, 0.2) is 60.8 Å². The summed E-state index contributed by atoms with van der Waals surface area (Å²) in [5, 5.41) is 6.31. The molecule has 2 aromatic carbocycles. The van der Waals surface area contributed by atoms with Crippen LogP contribution in [0.2, 0.25) is 0 Å². The summed E-state index contributed by atoms with van der Waals surface area (Å²) in [5.74, 6) is 0.593. The normalized spacial score (nSPS) is 10.2. The zero-order valence-corrected chi connectivity index (χ0v) is 15.4. The molecule has 1 aromatic heterocycles. The SMILES string of the molecule is COC(=O)c1ccccc1Nc1nccc(Nc2ccc(N(C)C)cc2)n1. The Labute approximate surface area is 158 Å². The average molecular weight is 363 g/mol. The highest BCUT2D eigenvalue weighted by Gasteiger charge is 2.12. The third-order valence-electron chi connectivity index (χ3n) is 3.89. The minimum atomic E-state index is -0.423. The Morgan fingerprint density at radius 3 is 2.44 bits per heavy atom. The molecule has 7 heteroatoms. The topological polar surface area (TPSA) is 79.4 Å². The van der Waals surface area contributed by atoms with E-state index in [1.807, 2.05) is 49.3 Å². The molecule has 0 fully saturated rings. The lowest BCUT2D eigenvalue weighted by Crippen LogP contribution is -2.08. The number of benzene rings is 2. The van der Waals surface area contributed by atoms with Gasteiger partial charge in [-0.15, -0.1) is 0 Å². The maximum absolute atomic E-state index is 11.9. The van der Waals surface area contributed by atoms with Crippen LogP contribution in [-0.2, 0) is 4.74 Å². The van der Waals surface area contributed by atoms with Crippen LogP contribution in [0, 0.1) is 0 Å². The van der Waals surface area contributed by atoms with Crippen LogP contribution in [0.4, 0.5) is 28.8 Å². The predicted octanol–water partition coefficient (Wildman–Crippen LogP) is 3.82. The van der Waals surface area contributed by atoms with E-state index in [0.29, 0.717) is 23.0 Å². The molecule has 0 spiro atoms. The van der Waals surface area contributed by atoms with Crippen molar-refractivity contribution in [2.24, 2.45) is 0 Å². The maximum Gasteiger partial charge on any atom is 0.339 e. The molecule has 1 heterocycles. The number of methoxy groups -OCH3 is 1. The summed E-state index contributed by atoms with van der Waals surface area (Å²) in [5.41, 5.74) is 3.03. The summed E-state index contributed by atoms with van der Waals surface area (Å²) < 4.78 is 4.81. The second-order valence-electron chi connectivity index (χ2n) is 5.99. The molecule has 0 bridgehead atoms. The molecule has 3 aromatic rings. The summed E-state index contributed by atoms with van der Waals surface area (Å²) in [4.78, 5) is 22.6. The number of hydrogen-bond acceptors (Lipinski definition) is 7. The van der Waals surface area contributed by atoms with E-state index in [2.05, 4.69) is 20.6 Å². The first-order valence-corrected chi connectivity index (χ1v) is 8.38. The number of nitrogens with one attached hydrogen (secondary N) is 2. The number of hydrogen-bond donors (Lipinski definition) is 2. The third kappa shape index (κ3) is 4.52. The van der Waals surface area contributed by atoms with Crippen LogP contribution in [-0.4, -0.2) is 37.1 Å². The van der Waals surface area contributed by atoms with Crippen LogP contribution < -0.4 is 15.5 Å². The van der Waals surface area contributed by atoms with Crippen molar-refractivity contribution in [3.63, 3.8) is 0 Å². The molecule has 0 aliphatic carbocycles. The molecule has 0 aliphatic heterocycles. The van der Waals surface area contributed by atoms with E-state index in [1.54, 1.807) is 30.5 Å². The number of anilines is 5. The van der Waals surface area contributed by atoms with Crippen LogP contribution >= 0.6 is 0 Å². The fourth-order valence-corrected chi connectivity index (χ4v) is 2.48. The van der Waals surface area contributed by atoms with Crippen molar-refractivity contribution in [2.45, 2.75) is 0 Å². The van der Waals surface area contributed by atoms with Crippen molar-refractivity contribution < 1.29 is 9.53 Å². The molecule has 0 radical (unpaired) electrons. The predicted molar refractivity (Wildman–Crippen MR) is 107 cm³/mol. The Hall–Kier alpha value is -3.61. The highest BCUT2D eigenvalue weighted by Crippen LogP contribution is 2.22. The van der Waals surface area contributed by atoms with E-state index in [4.69, 9.17) is 4.74 Å². The van der Waals surface area contributed by atoms with Crippen molar-refractivity contribution in [3.8, 4) is 0 Å². The van der Waals surface area contributed by atoms with Crippen LogP contribution in [0.3, 0.4) is 0 Å². The van der Waals surface area contributed by atoms with E-state index in [0.717, 1.165) is 11.4 Å². The Morgan fingerprint density at radius 1 is 1.00 bits per heavy atom. The number of rotatable bonds is 6. The first-order chi connectivity index (χ1) is 13.1. The monoisotopic (exact) mass is 363 g/mol. The highest BCUT2D eigenvalue weighted by atomic mass is 16.5. The molecule has 3 rings (SSSR count). The third-order valence-corrected chi connectivity index (χ3v) is 3.89. The number of carbonyl (C=O) groups is 1. The summed E-state index contributed by atoms with van der Waals surface area (Å²) in [6, 6.07) is 16.8. The zero-order chi connectivity index (χ0) is 19.2. The molecule has 138 valence electrons. The second kappa shape index (κ2) is 8.18. The van der Waals surface area contributed by atoms with Crippen LogP contribution in [0.1, 0.15) is 10.4 Å². The maximum atomic E-state index is 11.9. The summed E-state index contributed by atoms with van der Waals surface area (Å²) >= 11 is 0. The van der Waals surface area contributed by atoms with Crippen LogP contribution in [0.5, 0.6) is 0 Å². The lowest BCUT2D eigenvalue weighted by atomic mass is 10.2. The largest absolute Gasteiger partial charge is 0.465 e. The van der Waals surface area contributed by atoms with Gasteiger partial charge in [0.15, 0.2) is 0 Å². The molecule has 0 atom stereocenters. The Balaban J connectivity index is 1.77. The Bertz CT molecular complexity index is 926. The number of nitrogens with zero attached hydrogens (tertiary/aromatic N) is 3. The summed E-state index contributed by atoms with van der Waals surface area (Å²) in [6.07, 6.45) is 1.65. The Kier molecular flexibility index (Phi) is 5.51. The molecule has 0 saturated carbocycles. The molecule has 0 saturated heterocycles. The Morgan fingerprint density at radius 2 is 1.74 bits per heavy atom. The molecule has 7 nitrogen and oxygen atoms in total. The average Bonchev–Trinajstić information content (AvgIpc) is 2.68. The van der Waals surface area contributed by atoms with Gasteiger partial charge in [0.1, 0.15) is 5.82 Å². The molecule has 0 amide bonds. The number of para-hydroxylation sites is 1. The van der Waals surface area contributed by atoms with Crippen LogP contribution in [0.25, 0.3) is 0 Å². The van der Waals surface area contributed by atoms with E-state index in [1.165, 1.54) is 7.11 Å². The molecule has 2 N–H and O–H groups in total. The van der Waals surface area contributed by atoms with Gasteiger partial charge in [-0.25, -0.2) is 9.78 Å². The second-order valence-corrected chi connectivity index (χ2v) is 5.99. The molecule has 27 heavy (non-hydrogen) atoms. The fraction of sp³-hybridized carbons (Fsp3) is 0.150. The summed E-state index contributed by atoms with van der Waals surface area (Å²) in [7, 11) is 5.34. The smallest absolute Gasteiger partial charge is 0.339 e. The minimum absolute atomic E-state index is 0.376. The van der Waals surface area contributed by atoms with Crippen molar-refractivity contribution in [1.29, 1.82) is 0 Å². The first-order valence-electron chi connectivity index (χ1n) is 8.38. The van der Waals surface area contributed by atoms with Gasteiger partial charge in [0.2, 0.25) is 5.95 Å². The lowest BCUT2D eigenvalue weighted by Gasteiger charge is -2.13. The van der Waals surface area contributed by atoms with Crippen molar-refractivity contribution >= 4 is 34.8 Å². The quantitative estimate of drug-likeness (QED) is 0.645. The molecule has 0 unspecified atom stereocenters. The highest BCUT2D eigenvalue weighted by molar-refractivity contribution is 5.96. The van der Waals surface area contributed by atoms with Gasteiger partial charge in [-0.3, -0.25) is 0 Å². The fourth-order valence-electron chi connectivity index (χ4n) is 2.48. The molecular formula is C20H21N5O2. The number of esters is 1. The zero-order valence-electron chi connectivity index (χ0n) is 15.4. The number of ether oxygens (including phenoxy) is 1. The van der Waals surface area contributed by atoms with E-state index >= 15 is 0 Å². The number of carbonyl (C=O) groups excluding carboxylic acids is 1. The van der Waals surface area contributed by atoms with Crippen molar-refractivity contribution in [1.82, 2.24) is 9.97 Å². The van der Waals surface area contributed by atoms with Gasteiger partial charge in [-0.1, -0.05) is 12.1 Å². The van der Waals surface area contributed by atoms with Gasteiger partial charge in [-0.2, -0.15) is 4.98 Å². The minimum Gasteiger partial charge on any atom is -0.465 e. The van der Waals surface area contributed by atoms with Gasteiger partial charge in [-0.05, 0) is 42.5 Å². The van der Waals surface area contributed by atoms with Gasteiger partial charge in [0.25, 0.3) is 0 Å². The first kappa shape index (κ1) is 18.2.